The molecule has 0 heterocycles. The maximum Gasteiger partial charge on any atom is 0.258 e. The molecule has 0 fully saturated rings. The molecular weight excluding hydrogens is 226 g/mol. The molecule has 96 valence electrons. The summed E-state index contributed by atoms with van der Waals surface area (Å²) in [6.45, 7) is 11.4. The molecule has 0 aliphatic heterocycles. The van der Waals surface area contributed by atoms with Gasteiger partial charge in [-0.05, 0) is 30.0 Å². The second kappa shape index (κ2) is 5.17. The average Bonchev–Trinajstić information content (AvgIpc) is 2.27. The Labute approximate surface area is 108 Å². The lowest BCUT2D eigenvalue weighted by molar-refractivity contribution is -0.116. The molecule has 2 amide bonds. The Balaban J connectivity index is 2.83. The molecule has 0 spiro atoms. The Bertz CT molecular complexity index is 478. The van der Waals surface area contributed by atoms with Gasteiger partial charge in [-0.2, -0.15) is 0 Å². The first-order valence-corrected chi connectivity index (χ1v) is 5.83. The van der Waals surface area contributed by atoms with E-state index in [0.29, 0.717) is 11.1 Å². The first kappa shape index (κ1) is 14.2. The Morgan fingerprint density at radius 1 is 1.11 bits per heavy atom. The summed E-state index contributed by atoms with van der Waals surface area (Å²) in [6.07, 6.45) is 0. The van der Waals surface area contributed by atoms with Crippen molar-refractivity contribution in [3.8, 4) is 0 Å². The number of amides is 2. The van der Waals surface area contributed by atoms with Gasteiger partial charge in [-0.3, -0.25) is 14.9 Å². The lowest BCUT2D eigenvalue weighted by Crippen LogP contribution is -2.30. The Hall–Kier alpha value is -1.90. The minimum Gasteiger partial charge on any atom is -0.288 e. The summed E-state index contributed by atoms with van der Waals surface area (Å²) in [4.78, 5) is 23.1. The van der Waals surface area contributed by atoms with Crippen molar-refractivity contribution in [2.24, 2.45) is 0 Å². The molecular formula is C15H19NO2. The number of benzene rings is 1. The highest BCUT2D eigenvalue weighted by atomic mass is 16.2. The molecule has 1 N–H and O–H groups in total. The Morgan fingerprint density at radius 2 is 1.61 bits per heavy atom. The Morgan fingerprint density at radius 3 is 2.00 bits per heavy atom. The molecule has 18 heavy (non-hydrogen) atoms. The number of carbonyl (C=O) groups is 2. The maximum atomic E-state index is 11.7. The zero-order valence-electron chi connectivity index (χ0n) is 11.3. The van der Waals surface area contributed by atoms with Crippen molar-refractivity contribution in [2.45, 2.75) is 33.1 Å². The van der Waals surface area contributed by atoms with Gasteiger partial charge in [0.1, 0.15) is 0 Å². The number of carbonyl (C=O) groups excluding carboxylic acids is 2. The van der Waals surface area contributed by atoms with Crippen LogP contribution < -0.4 is 5.32 Å². The molecule has 1 aromatic rings. The highest BCUT2D eigenvalue weighted by Crippen LogP contribution is 2.22. The molecule has 0 aliphatic rings. The molecule has 1 rings (SSSR count). The fourth-order valence-corrected chi connectivity index (χ4v) is 1.40. The van der Waals surface area contributed by atoms with E-state index in [1.807, 2.05) is 12.1 Å². The first-order valence-electron chi connectivity index (χ1n) is 5.83. The van der Waals surface area contributed by atoms with Crippen LogP contribution in [0.2, 0.25) is 0 Å². The molecule has 0 saturated heterocycles. The first-order chi connectivity index (χ1) is 8.21. The fraction of sp³-hybridized carbons (Fsp3) is 0.333. The zero-order chi connectivity index (χ0) is 13.9. The van der Waals surface area contributed by atoms with Crippen LogP contribution in [0.4, 0.5) is 0 Å². The third-order valence-electron chi connectivity index (χ3n) is 2.63. The van der Waals surface area contributed by atoms with Crippen LogP contribution in [0, 0.1) is 0 Å². The van der Waals surface area contributed by atoms with Gasteiger partial charge in [0.2, 0.25) is 0 Å². The molecule has 0 unspecified atom stereocenters. The summed E-state index contributed by atoms with van der Waals surface area (Å²) in [5, 5.41) is 2.28. The van der Waals surface area contributed by atoms with E-state index in [0.717, 1.165) is 5.56 Å². The van der Waals surface area contributed by atoms with Crippen molar-refractivity contribution < 1.29 is 9.59 Å². The molecule has 0 saturated carbocycles. The van der Waals surface area contributed by atoms with E-state index in [2.05, 4.69) is 32.7 Å². The number of nitrogens with one attached hydrogen (secondary N) is 1. The minimum atomic E-state index is -0.445. The van der Waals surface area contributed by atoms with E-state index in [4.69, 9.17) is 0 Å². The predicted molar refractivity (Wildman–Crippen MR) is 72.4 cm³/mol. The minimum absolute atomic E-state index is 0.0442. The van der Waals surface area contributed by atoms with Crippen LogP contribution in [0.3, 0.4) is 0 Å². The molecule has 0 aliphatic carbocycles. The average molecular weight is 245 g/mol. The van der Waals surface area contributed by atoms with Crippen LogP contribution in [0.15, 0.2) is 36.4 Å². The molecule has 3 heteroatoms. The second-order valence-electron chi connectivity index (χ2n) is 5.39. The molecule has 0 aromatic heterocycles. The normalized spacial score (nSPS) is 10.9. The molecule has 3 nitrogen and oxygen atoms in total. The van der Waals surface area contributed by atoms with E-state index in [9.17, 15) is 9.59 Å². The van der Waals surface area contributed by atoms with Crippen LogP contribution in [-0.4, -0.2) is 11.8 Å². The van der Waals surface area contributed by atoms with Crippen LogP contribution in [-0.2, 0) is 10.2 Å². The number of imide groups is 1. The lowest BCUT2D eigenvalue weighted by Gasteiger charge is -2.18. The summed E-state index contributed by atoms with van der Waals surface area (Å²) in [5.41, 5.74) is 1.97. The quantitative estimate of drug-likeness (QED) is 0.814. The van der Waals surface area contributed by atoms with Crippen LogP contribution in [0.1, 0.15) is 43.6 Å². The second-order valence-corrected chi connectivity index (χ2v) is 5.39. The van der Waals surface area contributed by atoms with Crippen molar-refractivity contribution in [2.75, 3.05) is 0 Å². The van der Waals surface area contributed by atoms with Crippen LogP contribution in [0.25, 0.3) is 0 Å². The Kier molecular flexibility index (Phi) is 4.07. The van der Waals surface area contributed by atoms with Crippen molar-refractivity contribution >= 4 is 11.8 Å². The van der Waals surface area contributed by atoms with E-state index in [-0.39, 0.29) is 5.41 Å². The SMILES string of the molecule is C=C(C)C(=O)NC(=O)c1ccc(C(C)(C)C)cc1. The topological polar surface area (TPSA) is 46.2 Å². The standard InChI is InChI=1S/C15H19NO2/c1-10(2)13(17)16-14(18)11-6-8-12(9-7-11)15(3,4)5/h6-9H,1H2,2-5H3,(H,16,17,18). The maximum absolute atomic E-state index is 11.7. The van der Waals surface area contributed by atoms with Gasteiger partial charge in [-0.25, -0.2) is 0 Å². The van der Waals surface area contributed by atoms with Crippen molar-refractivity contribution in [3.63, 3.8) is 0 Å². The predicted octanol–water partition coefficient (Wildman–Crippen LogP) is 2.82. The van der Waals surface area contributed by atoms with Crippen LogP contribution in [0.5, 0.6) is 0 Å². The monoisotopic (exact) mass is 245 g/mol. The van der Waals surface area contributed by atoms with E-state index < -0.39 is 11.8 Å². The third kappa shape index (κ3) is 3.55. The molecule has 1 aromatic carbocycles. The molecule has 0 radical (unpaired) electrons. The zero-order valence-corrected chi connectivity index (χ0v) is 11.3. The van der Waals surface area contributed by atoms with Gasteiger partial charge in [0.05, 0.1) is 0 Å². The molecule has 0 atom stereocenters. The van der Waals surface area contributed by atoms with E-state index in [1.165, 1.54) is 0 Å². The summed E-state index contributed by atoms with van der Waals surface area (Å²) < 4.78 is 0. The largest absolute Gasteiger partial charge is 0.288 e. The van der Waals surface area contributed by atoms with Crippen molar-refractivity contribution in [1.82, 2.24) is 5.32 Å². The van der Waals surface area contributed by atoms with Crippen LogP contribution >= 0.6 is 0 Å². The summed E-state index contributed by atoms with van der Waals surface area (Å²) in [5.74, 6) is -0.844. The van der Waals surface area contributed by atoms with Gasteiger partial charge in [-0.1, -0.05) is 39.5 Å². The number of rotatable bonds is 2. The molecule has 0 bridgehead atoms. The number of hydrogen-bond donors (Lipinski definition) is 1. The van der Waals surface area contributed by atoms with Gasteiger partial charge in [-0.15, -0.1) is 0 Å². The van der Waals surface area contributed by atoms with Gasteiger partial charge in [0.15, 0.2) is 0 Å². The summed E-state index contributed by atoms with van der Waals surface area (Å²) in [6, 6.07) is 7.25. The van der Waals surface area contributed by atoms with Gasteiger partial charge in [0.25, 0.3) is 11.8 Å². The van der Waals surface area contributed by atoms with E-state index in [1.54, 1.807) is 19.1 Å². The lowest BCUT2D eigenvalue weighted by atomic mass is 9.87. The summed E-state index contributed by atoms with van der Waals surface area (Å²) in [7, 11) is 0. The van der Waals surface area contributed by atoms with Gasteiger partial charge < -0.3 is 0 Å². The van der Waals surface area contributed by atoms with Gasteiger partial charge >= 0.3 is 0 Å². The fourth-order valence-electron chi connectivity index (χ4n) is 1.40. The van der Waals surface area contributed by atoms with Gasteiger partial charge in [0, 0.05) is 11.1 Å². The number of hydrogen-bond acceptors (Lipinski definition) is 2. The van der Waals surface area contributed by atoms with Crippen molar-refractivity contribution in [3.05, 3.63) is 47.5 Å². The van der Waals surface area contributed by atoms with Crippen molar-refractivity contribution in [1.29, 1.82) is 0 Å². The smallest absolute Gasteiger partial charge is 0.258 e. The highest BCUT2D eigenvalue weighted by Gasteiger charge is 2.15. The highest BCUT2D eigenvalue weighted by molar-refractivity contribution is 6.09. The van der Waals surface area contributed by atoms with E-state index >= 15 is 0 Å². The third-order valence-corrected chi connectivity index (χ3v) is 2.63. The summed E-state index contributed by atoms with van der Waals surface area (Å²) >= 11 is 0.